The van der Waals surface area contributed by atoms with E-state index < -0.39 is 22.7 Å². The number of rotatable bonds is 5. The quantitative estimate of drug-likeness (QED) is 0.565. The van der Waals surface area contributed by atoms with Gasteiger partial charge < -0.3 is 5.11 Å². The summed E-state index contributed by atoms with van der Waals surface area (Å²) >= 11 is 5.23. The van der Waals surface area contributed by atoms with E-state index >= 15 is 0 Å². The van der Waals surface area contributed by atoms with Crippen molar-refractivity contribution in [3.8, 4) is 0 Å². The summed E-state index contributed by atoms with van der Waals surface area (Å²) in [5.41, 5.74) is 0. The molecular formula is C4H9ClN2O4S. The summed E-state index contributed by atoms with van der Waals surface area (Å²) in [7, 11) is -3.95. The third kappa shape index (κ3) is 4.50. The molecule has 0 unspecified atom stereocenters. The molecule has 0 aliphatic carbocycles. The fraction of sp³-hybridized carbons (Fsp3) is 0.750. The molecule has 0 aromatic heterocycles. The Balaban J connectivity index is 4.34. The Morgan fingerprint density at radius 3 is 2.33 bits per heavy atom. The highest BCUT2D eigenvalue weighted by Crippen LogP contribution is 1.94. The molecule has 0 rings (SSSR count). The number of nitrogens with two attached hydrogens (primary N) is 1. The third-order valence-electron chi connectivity index (χ3n) is 1.01. The lowest BCUT2D eigenvalue weighted by Crippen LogP contribution is -2.41. The predicted molar refractivity (Wildman–Crippen MR) is 43.0 cm³/mol. The van der Waals surface area contributed by atoms with Gasteiger partial charge in [-0.3, -0.25) is 4.79 Å². The average molecular weight is 217 g/mol. The first-order valence-electron chi connectivity index (χ1n) is 2.93. The number of alkyl halides is 1. The molecule has 8 heteroatoms. The van der Waals surface area contributed by atoms with Gasteiger partial charge in [0.15, 0.2) is 0 Å². The SMILES string of the molecule is NS(=O)(=O)N(CCCl)CC(=O)O. The van der Waals surface area contributed by atoms with E-state index in [0.29, 0.717) is 4.31 Å². The summed E-state index contributed by atoms with van der Waals surface area (Å²) in [5.74, 6) is -1.27. The zero-order chi connectivity index (χ0) is 9.78. The molecular weight excluding hydrogens is 208 g/mol. The van der Waals surface area contributed by atoms with Crippen LogP contribution in [0.1, 0.15) is 0 Å². The molecule has 0 aromatic carbocycles. The molecule has 0 spiro atoms. The van der Waals surface area contributed by atoms with Crippen molar-refractivity contribution in [3.05, 3.63) is 0 Å². The van der Waals surface area contributed by atoms with E-state index in [9.17, 15) is 13.2 Å². The molecule has 0 aliphatic heterocycles. The van der Waals surface area contributed by atoms with Crippen molar-refractivity contribution in [1.29, 1.82) is 0 Å². The monoisotopic (exact) mass is 216 g/mol. The molecule has 72 valence electrons. The van der Waals surface area contributed by atoms with Crippen LogP contribution in [0.2, 0.25) is 0 Å². The van der Waals surface area contributed by atoms with Gasteiger partial charge in [-0.1, -0.05) is 0 Å². The zero-order valence-electron chi connectivity index (χ0n) is 6.10. The summed E-state index contributed by atoms with van der Waals surface area (Å²) in [6.07, 6.45) is 0. The lowest BCUT2D eigenvalue weighted by molar-refractivity contribution is -0.137. The number of halogens is 1. The molecule has 0 saturated carbocycles. The van der Waals surface area contributed by atoms with Crippen LogP contribution in [-0.2, 0) is 15.0 Å². The Labute approximate surface area is 75.1 Å². The first kappa shape index (κ1) is 11.6. The van der Waals surface area contributed by atoms with E-state index in [4.69, 9.17) is 21.8 Å². The Kier molecular flexibility index (Phi) is 4.46. The van der Waals surface area contributed by atoms with E-state index in [2.05, 4.69) is 0 Å². The van der Waals surface area contributed by atoms with Gasteiger partial charge in [0.2, 0.25) is 0 Å². The number of carboxylic acid groups (broad SMARTS) is 1. The molecule has 6 nitrogen and oxygen atoms in total. The molecule has 3 N–H and O–H groups in total. The van der Waals surface area contributed by atoms with E-state index in [1.807, 2.05) is 0 Å². The van der Waals surface area contributed by atoms with Crippen LogP contribution in [0.4, 0.5) is 0 Å². The molecule has 0 aliphatic rings. The molecule has 0 radical (unpaired) electrons. The van der Waals surface area contributed by atoms with Gasteiger partial charge in [-0.15, -0.1) is 11.6 Å². The van der Waals surface area contributed by atoms with Gasteiger partial charge in [0, 0.05) is 12.4 Å². The van der Waals surface area contributed by atoms with Crippen LogP contribution in [0.3, 0.4) is 0 Å². The minimum atomic E-state index is -3.95. The van der Waals surface area contributed by atoms with Crippen molar-refractivity contribution >= 4 is 27.8 Å². The first-order valence-corrected chi connectivity index (χ1v) is 4.97. The van der Waals surface area contributed by atoms with Gasteiger partial charge in [-0.25, -0.2) is 5.14 Å². The van der Waals surface area contributed by atoms with Crippen LogP contribution >= 0.6 is 11.6 Å². The number of carboxylic acids is 1. The molecule has 0 aromatic rings. The molecule has 0 fully saturated rings. The highest BCUT2D eigenvalue weighted by atomic mass is 35.5. The molecule has 12 heavy (non-hydrogen) atoms. The second-order valence-electron chi connectivity index (χ2n) is 1.96. The van der Waals surface area contributed by atoms with Crippen LogP contribution in [-0.4, -0.2) is 42.8 Å². The minimum Gasteiger partial charge on any atom is -0.480 e. The van der Waals surface area contributed by atoms with Crippen molar-refractivity contribution in [2.45, 2.75) is 0 Å². The van der Waals surface area contributed by atoms with Crippen LogP contribution < -0.4 is 5.14 Å². The van der Waals surface area contributed by atoms with Crippen LogP contribution in [0.25, 0.3) is 0 Å². The topological polar surface area (TPSA) is 101 Å². The van der Waals surface area contributed by atoms with Crippen molar-refractivity contribution in [2.24, 2.45) is 5.14 Å². The lowest BCUT2D eigenvalue weighted by atomic mass is 10.6. The fourth-order valence-corrected chi connectivity index (χ4v) is 1.48. The molecule has 0 atom stereocenters. The van der Waals surface area contributed by atoms with Gasteiger partial charge in [0.25, 0.3) is 10.2 Å². The number of carbonyl (C=O) groups is 1. The van der Waals surface area contributed by atoms with Gasteiger partial charge in [0.05, 0.1) is 0 Å². The smallest absolute Gasteiger partial charge is 0.318 e. The van der Waals surface area contributed by atoms with E-state index in [1.165, 1.54) is 0 Å². The van der Waals surface area contributed by atoms with Crippen molar-refractivity contribution in [3.63, 3.8) is 0 Å². The Morgan fingerprint density at radius 2 is 2.08 bits per heavy atom. The second-order valence-corrected chi connectivity index (χ2v) is 3.89. The molecule has 0 amide bonds. The molecule has 0 bridgehead atoms. The maximum atomic E-state index is 10.6. The fourth-order valence-electron chi connectivity index (χ4n) is 0.541. The van der Waals surface area contributed by atoms with Gasteiger partial charge >= 0.3 is 5.97 Å². The average Bonchev–Trinajstić information content (AvgIpc) is 1.83. The minimum absolute atomic E-state index is 0.00368. The summed E-state index contributed by atoms with van der Waals surface area (Å²) < 4.78 is 21.9. The Hall–Kier alpha value is -0.370. The lowest BCUT2D eigenvalue weighted by Gasteiger charge is -2.14. The van der Waals surface area contributed by atoms with E-state index in [-0.39, 0.29) is 12.4 Å². The summed E-state index contributed by atoms with van der Waals surface area (Å²) in [4.78, 5) is 10.1. The Bertz CT molecular complexity index is 252. The highest BCUT2D eigenvalue weighted by Gasteiger charge is 2.19. The van der Waals surface area contributed by atoms with Crippen molar-refractivity contribution in [2.75, 3.05) is 19.0 Å². The van der Waals surface area contributed by atoms with E-state index in [0.717, 1.165) is 0 Å². The summed E-state index contributed by atoms with van der Waals surface area (Å²) in [6, 6.07) is 0. The molecule has 0 saturated heterocycles. The highest BCUT2D eigenvalue weighted by molar-refractivity contribution is 7.86. The second kappa shape index (κ2) is 4.61. The third-order valence-corrected chi connectivity index (χ3v) is 2.21. The maximum Gasteiger partial charge on any atom is 0.318 e. The van der Waals surface area contributed by atoms with Crippen molar-refractivity contribution < 1.29 is 18.3 Å². The zero-order valence-corrected chi connectivity index (χ0v) is 7.68. The van der Waals surface area contributed by atoms with Gasteiger partial charge in [0.1, 0.15) is 6.54 Å². The Morgan fingerprint density at radius 1 is 1.58 bits per heavy atom. The van der Waals surface area contributed by atoms with Gasteiger partial charge in [-0.05, 0) is 0 Å². The summed E-state index contributed by atoms with van der Waals surface area (Å²) in [5, 5.41) is 13.0. The van der Waals surface area contributed by atoms with Crippen LogP contribution in [0.15, 0.2) is 0 Å². The first-order chi connectivity index (χ1) is 5.38. The maximum absolute atomic E-state index is 10.6. The number of aliphatic carboxylic acids is 1. The van der Waals surface area contributed by atoms with E-state index in [1.54, 1.807) is 0 Å². The van der Waals surface area contributed by atoms with Crippen LogP contribution in [0, 0.1) is 0 Å². The predicted octanol–water partition coefficient (Wildman–Crippen LogP) is -1.18. The standard InChI is InChI=1S/C4H9ClN2O4S/c5-1-2-7(3-4(8)9)12(6,10)11/h1-3H2,(H,8,9)(H2,6,10,11). The largest absolute Gasteiger partial charge is 0.480 e. The summed E-state index contributed by atoms with van der Waals surface area (Å²) in [6.45, 7) is -0.766. The van der Waals surface area contributed by atoms with Gasteiger partial charge in [-0.2, -0.15) is 12.7 Å². The normalized spacial score (nSPS) is 11.9. The number of nitrogens with zero attached hydrogens (tertiary/aromatic N) is 1. The van der Waals surface area contributed by atoms with Crippen molar-refractivity contribution in [1.82, 2.24) is 4.31 Å². The number of hydrogen-bond donors (Lipinski definition) is 2. The number of hydrogen-bond acceptors (Lipinski definition) is 3. The molecule has 0 heterocycles. The van der Waals surface area contributed by atoms with Crippen LogP contribution in [0.5, 0.6) is 0 Å².